The second-order valence-electron chi connectivity index (χ2n) is 4.59. The number of fused-ring (bicyclic) bond motifs is 1. The Balaban J connectivity index is 2.16. The van der Waals surface area contributed by atoms with Crippen LogP contribution in [0.4, 0.5) is 17.6 Å². The molecule has 0 aliphatic heterocycles. The predicted molar refractivity (Wildman–Crippen MR) is 65.1 cm³/mol. The summed E-state index contributed by atoms with van der Waals surface area (Å²) in [4.78, 5) is 11.9. The van der Waals surface area contributed by atoms with Gasteiger partial charge in [-0.15, -0.1) is 0 Å². The molecular weight excluding hydrogens is 276 g/mol. The molecule has 0 amide bonds. The molecular formula is C14H12F4O2. The highest BCUT2D eigenvalue weighted by molar-refractivity contribution is 6.00. The summed E-state index contributed by atoms with van der Waals surface area (Å²) in [5.74, 6) is -0.950. The molecule has 0 bridgehead atoms. The second-order valence-corrected chi connectivity index (χ2v) is 4.59. The number of Topliss-reactive ketones (excluding diaryl/α,β-unsaturated/α-hetero) is 1. The minimum Gasteiger partial charge on any atom is -0.453 e. The number of alkyl halides is 3. The van der Waals surface area contributed by atoms with Crippen molar-refractivity contribution in [2.75, 3.05) is 0 Å². The van der Waals surface area contributed by atoms with E-state index in [1.807, 2.05) is 0 Å². The smallest absolute Gasteiger partial charge is 0.389 e. The molecule has 2 rings (SSSR count). The lowest BCUT2D eigenvalue weighted by molar-refractivity contribution is -0.135. The fourth-order valence-electron chi connectivity index (χ4n) is 2.02. The number of carbonyl (C=O) groups is 1. The molecule has 6 heteroatoms. The third-order valence-electron chi connectivity index (χ3n) is 3.02. The Labute approximate surface area is 112 Å². The number of carbonyl (C=O) groups excluding carboxylic acids is 1. The molecule has 0 saturated heterocycles. The molecule has 0 fully saturated rings. The van der Waals surface area contributed by atoms with Crippen molar-refractivity contribution in [3.63, 3.8) is 0 Å². The zero-order valence-electron chi connectivity index (χ0n) is 10.7. The van der Waals surface area contributed by atoms with E-state index < -0.39 is 24.2 Å². The standard InChI is InChI=1S/C14H12F4O2/c1-8-10-7-9(15)4-5-12(10)20-13(8)11(19)3-2-6-14(16,17)18/h4-5,7H,2-3,6H2,1H3. The Bertz CT molecular complexity index is 640. The first-order valence-electron chi connectivity index (χ1n) is 6.06. The van der Waals surface area contributed by atoms with E-state index in [9.17, 15) is 22.4 Å². The van der Waals surface area contributed by atoms with Gasteiger partial charge in [-0.1, -0.05) is 0 Å². The fraction of sp³-hybridized carbons (Fsp3) is 0.357. The number of halogens is 4. The molecule has 1 aromatic heterocycles. The summed E-state index contributed by atoms with van der Waals surface area (Å²) in [5.41, 5.74) is 0.805. The van der Waals surface area contributed by atoms with Gasteiger partial charge in [0.25, 0.3) is 0 Å². The molecule has 0 saturated carbocycles. The Morgan fingerprint density at radius 2 is 2.00 bits per heavy atom. The van der Waals surface area contributed by atoms with Crippen molar-refractivity contribution in [2.24, 2.45) is 0 Å². The molecule has 0 aliphatic carbocycles. The second kappa shape index (κ2) is 5.26. The zero-order valence-corrected chi connectivity index (χ0v) is 10.7. The quantitative estimate of drug-likeness (QED) is 0.597. The van der Waals surface area contributed by atoms with Crippen LogP contribution < -0.4 is 0 Å². The van der Waals surface area contributed by atoms with E-state index >= 15 is 0 Å². The minimum absolute atomic E-state index is 0.00720. The summed E-state index contributed by atoms with van der Waals surface area (Å²) in [7, 11) is 0. The van der Waals surface area contributed by atoms with Crippen molar-refractivity contribution in [3.05, 3.63) is 35.3 Å². The summed E-state index contributed by atoms with van der Waals surface area (Å²) in [6.07, 6.45) is -5.81. The first-order chi connectivity index (χ1) is 9.28. The van der Waals surface area contributed by atoms with Crippen LogP contribution in [0.25, 0.3) is 11.0 Å². The van der Waals surface area contributed by atoms with E-state index in [-0.39, 0.29) is 18.6 Å². The lowest BCUT2D eigenvalue weighted by Crippen LogP contribution is -2.08. The van der Waals surface area contributed by atoms with Crippen LogP contribution in [0, 0.1) is 12.7 Å². The summed E-state index contributed by atoms with van der Waals surface area (Å²) in [6.45, 7) is 1.59. The first kappa shape index (κ1) is 14.6. The van der Waals surface area contributed by atoms with Crippen molar-refractivity contribution in [1.29, 1.82) is 0 Å². The number of ketones is 1. The van der Waals surface area contributed by atoms with E-state index in [1.54, 1.807) is 6.92 Å². The summed E-state index contributed by atoms with van der Waals surface area (Å²) >= 11 is 0. The molecule has 108 valence electrons. The average molecular weight is 288 g/mol. The molecule has 0 atom stereocenters. The van der Waals surface area contributed by atoms with Crippen molar-refractivity contribution in [1.82, 2.24) is 0 Å². The van der Waals surface area contributed by atoms with Gasteiger partial charge in [-0.2, -0.15) is 13.2 Å². The van der Waals surface area contributed by atoms with Crippen molar-refractivity contribution in [2.45, 2.75) is 32.4 Å². The lowest BCUT2D eigenvalue weighted by Gasteiger charge is -2.04. The molecule has 1 aromatic carbocycles. The van der Waals surface area contributed by atoms with Crippen LogP contribution in [0.1, 0.15) is 35.4 Å². The predicted octanol–water partition coefficient (Wildman–Crippen LogP) is 4.80. The normalized spacial score (nSPS) is 12.1. The van der Waals surface area contributed by atoms with Crippen molar-refractivity contribution < 1.29 is 26.8 Å². The lowest BCUT2D eigenvalue weighted by atomic mass is 10.1. The Morgan fingerprint density at radius 1 is 1.30 bits per heavy atom. The average Bonchev–Trinajstić information content (AvgIpc) is 2.65. The largest absolute Gasteiger partial charge is 0.453 e. The molecule has 1 heterocycles. The Hall–Kier alpha value is -1.85. The molecule has 2 nitrogen and oxygen atoms in total. The Kier molecular flexibility index (Phi) is 3.83. The van der Waals surface area contributed by atoms with Gasteiger partial charge in [0.05, 0.1) is 0 Å². The van der Waals surface area contributed by atoms with Crippen LogP contribution in [0.15, 0.2) is 22.6 Å². The maximum atomic E-state index is 13.1. The van der Waals surface area contributed by atoms with Crippen LogP contribution in [0.2, 0.25) is 0 Å². The molecule has 0 N–H and O–H groups in total. The van der Waals surface area contributed by atoms with E-state index in [4.69, 9.17) is 4.42 Å². The van der Waals surface area contributed by atoms with Crippen LogP contribution in [-0.2, 0) is 0 Å². The first-order valence-corrected chi connectivity index (χ1v) is 6.06. The number of hydrogen-bond donors (Lipinski definition) is 0. The third kappa shape index (κ3) is 3.18. The number of rotatable bonds is 4. The maximum absolute atomic E-state index is 13.1. The van der Waals surface area contributed by atoms with E-state index in [0.717, 1.165) is 0 Å². The van der Waals surface area contributed by atoms with Crippen LogP contribution >= 0.6 is 0 Å². The van der Waals surface area contributed by atoms with Gasteiger partial charge in [0.2, 0.25) is 0 Å². The zero-order chi connectivity index (χ0) is 14.9. The highest BCUT2D eigenvalue weighted by atomic mass is 19.4. The summed E-state index contributed by atoms with van der Waals surface area (Å²) < 4.78 is 54.5. The summed E-state index contributed by atoms with van der Waals surface area (Å²) in [6, 6.07) is 3.83. The topological polar surface area (TPSA) is 30.2 Å². The SMILES string of the molecule is Cc1c(C(=O)CCCC(F)(F)F)oc2ccc(F)cc12. The van der Waals surface area contributed by atoms with Gasteiger partial charge >= 0.3 is 6.18 Å². The monoisotopic (exact) mass is 288 g/mol. The minimum atomic E-state index is -4.27. The highest BCUT2D eigenvalue weighted by Gasteiger charge is 2.27. The number of benzene rings is 1. The molecule has 0 unspecified atom stereocenters. The van der Waals surface area contributed by atoms with Gasteiger partial charge in [-0.25, -0.2) is 4.39 Å². The van der Waals surface area contributed by atoms with E-state index in [0.29, 0.717) is 16.5 Å². The van der Waals surface area contributed by atoms with Gasteiger partial charge < -0.3 is 4.42 Å². The maximum Gasteiger partial charge on any atom is 0.389 e. The van der Waals surface area contributed by atoms with Gasteiger partial charge in [-0.3, -0.25) is 4.79 Å². The van der Waals surface area contributed by atoms with Gasteiger partial charge in [-0.05, 0) is 31.5 Å². The van der Waals surface area contributed by atoms with Gasteiger partial charge in [0, 0.05) is 23.8 Å². The number of furan rings is 1. The van der Waals surface area contributed by atoms with Crippen molar-refractivity contribution in [3.8, 4) is 0 Å². The molecule has 2 aromatic rings. The molecule has 0 spiro atoms. The van der Waals surface area contributed by atoms with Crippen LogP contribution in [-0.4, -0.2) is 12.0 Å². The van der Waals surface area contributed by atoms with Crippen molar-refractivity contribution >= 4 is 16.8 Å². The van der Waals surface area contributed by atoms with Gasteiger partial charge in [0.1, 0.15) is 11.4 Å². The fourth-order valence-corrected chi connectivity index (χ4v) is 2.02. The van der Waals surface area contributed by atoms with E-state index in [2.05, 4.69) is 0 Å². The Morgan fingerprint density at radius 3 is 2.65 bits per heavy atom. The van der Waals surface area contributed by atoms with Gasteiger partial charge in [0.15, 0.2) is 11.5 Å². The summed E-state index contributed by atoms with van der Waals surface area (Å²) in [5, 5.41) is 0.462. The third-order valence-corrected chi connectivity index (χ3v) is 3.02. The molecule has 20 heavy (non-hydrogen) atoms. The highest BCUT2D eigenvalue weighted by Crippen LogP contribution is 2.28. The number of hydrogen-bond acceptors (Lipinski definition) is 2. The van der Waals surface area contributed by atoms with Crippen LogP contribution in [0.3, 0.4) is 0 Å². The molecule has 0 aliphatic rings. The molecule has 0 radical (unpaired) electrons. The number of aryl methyl sites for hydroxylation is 1. The van der Waals surface area contributed by atoms with E-state index in [1.165, 1.54) is 18.2 Å². The van der Waals surface area contributed by atoms with Crippen LogP contribution in [0.5, 0.6) is 0 Å².